The van der Waals surface area contributed by atoms with Crippen molar-refractivity contribution in [2.24, 2.45) is 5.92 Å². The van der Waals surface area contributed by atoms with Gasteiger partial charge in [0.15, 0.2) is 11.6 Å². The number of carbonyl (C=O) groups excluding carboxylic acids is 3. The normalized spacial score (nSPS) is 22.9. The fourth-order valence-electron chi connectivity index (χ4n) is 7.12. The van der Waals surface area contributed by atoms with E-state index in [0.29, 0.717) is 17.0 Å². The summed E-state index contributed by atoms with van der Waals surface area (Å²) in [6, 6.07) is 23.3. The van der Waals surface area contributed by atoms with Crippen LogP contribution in [0.4, 0.5) is 10.1 Å². The Bertz CT molecular complexity index is 1830. The molecule has 43 heavy (non-hydrogen) atoms. The number of Topliss-reactive ketones (excluding diaryl/α,β-unsaturated/α-hetero) is 2. The van der Waals surface area contributed by atoms with Crippen molar-refractivity contribution in [3.63, 3.8) is 0 Å². The number of anilines is 1. The summed E-state index contributed by atoms with van der Waals surface area (Å²) in [5.41, 5.74) is 1.92. The number of benzene rings is 4. The van der Waals surface area contributed by atoms with Crippen molar-refractivity contribution in [3.05, 3.63) is 131 Å². The van der Waals surface area contributed by atoms with Gasteiger partial charge in [0.05, 0.1) is 31.7 Å². The number of hydrogen-bond acceptors (Lipinski definition) is 6. The molecule has 214 valence electrons. The zero-order valence-electron chi connectivity index (χ0n) is 23.4. The third-order valence-corrected chi connectivity index (χ3v) is 8.92. The molecule has 8 heteroatoms. The van der Waals surface area contributed by atoms with Gasteiger partial charge in [0.1, 0.15) is 28.8 Å². The van der Waals surface area contributed by atoms with Gasteiger partial charge in [0.2, 0.25) is 5.91 Å². The third-order valence-electron chi connectivity index (χ3n) is 8.92. The highest BCUT2D eigenvalue weighted by molar-refractivity contribution is 6.17. The third kappa shape index (κ3) is 3.75. The van der Waals surface area contributed by atoms with Gasteiger partial charge in [-0.15, -0.1) is 0 Å². The van der Waals surface area contributed by atoms with Crippen LogP contribution in [0.1, 0.15) is 43.4 Å². The number of ether oxygens (including phenoxy) is 2. The number of fused-ring (bicyclic) bond motifs is 6. The van der Waals surface area contributed by atoms with Gasteiger partial charge in [0.25, 0.3) is 0 Å². The monoisotopic (exact) mass is 574 g/mol. The van der Waals surface area contributed by atoms with Gasteiger partial charge in [-0.3, -0.25) is 14.4 Å². The highest BCUT2D eigenvalue weighted by atomic mass is 19.1. The SMILES string of the molecule is COc1ccc(C(=O)[C@@H]2[C@@H](C(=O)c3ccc(F)cc3)[C@@]3(C(=O)Nc4ccccc43)[C@H]3c4ccccc4C=CN23)c(OC)c1. The van der Waals surface area contributed by atoms with Gasteiger partial charge in [-0.1, -0.05) is 42.5 Å². The number of nitrogens with one attached hydrogen (secondary N) is 1. The summed E-state index contributed by atoms with van der Waals surface area (Å²) in [5.74, 6) is -2.07. The average Bonchev–Trinajstić information content (AvgIpc) is 3.52. The Balaban J connectivity index is 1.53. The van der Waals surface area contributed by atoms with Gasteiger partial charge >= 0.3 is 0 Å². The number of halogens is 1. The second kappa shape index (κ2) is 9.94. The standard InChI is InChI=1S/C35H27FN2O5/c1-42-23-15-16-25(28(19-23)43-2)32(40)30-29(31(39)21-11-13-22(36)14-12-21)35(26-9-5-6-10-27(26)37-34(35)41)33-24-8-4-3-7-20(24)17-18-38(30)33/h3-19,29-30,33H,1-2H3,(H,37,41)/t29-,30-,33+,35+/m0/s1. The van der Waals surface area contributed by atoms with Crippen molar-refractivity contribution >= 4 is 29.2 Å². The Labute approximate surface area is 247 Å². The zero-order chi connectivity index (χ0) is 29.9. The molecule has 1 spiro atoms. The van der Waals surface area contributed by atoms with Crippen molar-refractivity contribution in [2.45, 2.75) is 17.5 Å². The molecule has 7 nitrogen and oxygen atoms in total. The van der Waals surface area contributed by atoms with E-state index in [4.69, 9.17) is 9.47 Å². The lowest BCUT2D eigenvalue weighted by molar-refractivity contribution is -0.122. The highest BCUT2D eigenvalue weighted by Crippen LogP contribution is 2.62. The van der Waals surface area contributed by atoms with Crippen LogP contribution >= 0.6 is 0 Å². The van der Waals surface area contributed by atoms with E-state index in [1.165, 1.54) is 38.5 Å². The Morgan fingerprint density at radius 2 is 1.63 bits per heavy atom. The molecule has 7 rings (SSSR count). The second-order valence-corrected chi connectivity index (χ2v) is 10.9. The molecular weight excluding hydrogens is 547 g/mol. The molecular formula is C35H27FN2O5. The summed E-state index contributed by atoms with van der Waals surface area (Å²) in [7, 11) is 2.98. The molecule has 1 saturated heterocycles. The molecule has 3 heterocycles. The lowest BCUT2D eigenvalue weighted by Gasteiger charge is -2.38. The molecule has 4 aromatic carbocycles. The number of methoxy groups -OCH3 is 2. The Morgan fingerprint density at radius 1 is 0.884 bits per heavy atom. The molecule has 0 radical (unpaired) electrons. The van der Waals surface area contributed by atoms with Crippen LogP contribution in [0, 0.1) is 11.7 Å². The molecule has 4 aromatic rings. The summed E-state index contributed by atoms with van der Waals surface area (Å²) >= 11 is 0. The number of ketones is 2. The fraction of sp³-hybridized carbons (Fsp3) is 0.171. The van der Waals surface area contributed by atoms with Crippen LogP contribution in [0.3, 0.4) is 0 Å². The summed E-state index contributed by atoms with van der Waals surface area (Å²) in [6.07, 6.45) is 3.70. The van der Waals surface area contributed by atoms with Gasteiger partial charge in [-0.05, 0) is 65.2 Å². The number of amides is 1. The van der Waals surface area contributed by atoms with Crippen molar-refractivity contribution in [1.82, 2.24) is 4.90 Å². The molecule has 0 saturated carbocycles. The van der Waals surface area contributed by atoms with Crippen LogP contribution in [0.2, 0.25) is 0 Å². The van der Waals surface area contributed by atoms with Crippen molar-refractivity contribution in [1.29, 1.82) is 0 Å². The largest absolute Gasteiger partial charge is 0.497 e. The summed E-state index contributed by atoms with van der Waals surface area (Å²) in [5, 5.41) is 3.02. The predicted octanol–water partition coefficient (Wildman–Crippen LogP) is 5.82. The fourth-order valence-corrected chi connectivity index (χ4v) is 7.12. The van der Waals surface area contributed by atoms with E-state index in [1.807, 2.05) is 53.4 Å². The van der Waals surface area contributed by atoms with Crippen LogP contribution in [0.15, 0.2) is 97.2 Å². The first-order chi connectivity index (χ1) is 20.9. The summed E-state index contributed by atoms with van der Waals surface area (Å²) in [6.45, 7) is 0. The Morgan fingerprint density at radius 3 is 2.40 bits per heavy atom. The number of rotatable bonds is 6. The smallest absolute Gasteiger partial charge is 0.238 e. The van der Waals surface area contributed by atoms with Crippen molar-refractivity contribution in [3.8, 4) is 11.5 Å². The van der Waals surface area contributed by atoms with Crippen LogP contribution in [0.25, 0.3) is 6.08 Å². The van der Waals surface area contributed by atoms with Gasteiger partial charge in [0, 0.05) is 23.5 Å². The molecule has 0 aromatic heterocycles. The van der Waals surface area contributed by atoms with Gasteiger partial charge in [-0.25, -0.2) is 4.39 Å². The molecule has 1 fully saturated rings. The number of para-hydroxylation sites is 1. The van der Waals surface area contributed by atoms with E-state index in [1.54, 1.807) is 30.5 Å². The Kier molecular flexibility index (Phi) is 6.16. The van der Waals surface area contributed by atoms with Gasteiger partial charge in [-0.2, -0.15) is 0 Å². The molecule has 0 unspecified atom stereocenters. The van der Waals surface area contributed by atoms with E-state index in [0.717, 1.165) is 11.1 Å². The molecule has 4 atom stereocenters. The van der Waals surface area contributed by atoms with Crippen LogP contribution in [-0.4, -0.2) is 42.6 Å². The predicted molar refractivity (Wildman–Crippen MR) is 159 cm³/mol. The minimum atomic E-state index is -1.48. The first kappa shape index (κ1) is 26.6. The summed E-state index contributed by atoms with van der Waals surface area (Å²) < 4.78 is 24.9. The number of nitrogens with zero attached hydrogens (tertiary/aromatic N) is 1. The quantitative estimate of drug-likeness (QED) is 0.292. The first-order valence-electron chi connectivity index (χ1n) is 13.9. The molecule has 0 bridgehead atoms. The van der Waals surface area contributed by atoms with E-state index < -0.39 is 35.0 Å². The molecule has 0 aliphatic carbocycles. The van der Waals surface area contributed by atoms with Crippen LogP contribution in [-0.2, 0) is 10.2 Å². The van der Waals surface area contributed by atoms with Crippen LogP contribution in [0.5, 0.6) is 11.5 Å². The lowest BCUT2D eigenvalue weighted by Crippen LogP contribution is -2.49. The number of hydrogen-bond donors (Lipinski definition) is 1. The maximum atomic E-state index is 14.8. The molecule has 3 aliphatic rings. The van der Waals surface area contributed by atoms with E-state index >= 15 is 0 Å². The summed E-state index contributed by atoms with van der Waals surface area (Å²) in [4.78, 5) is 45.9. The first-order valence-corrected chi connectivity index (χ1v) is 13.9. The van der Waals surface area contributed by atoms with E-state index in [9.17, 15) is 18.8 Å². The topological polar surface area (TPSA) is 84.9 Å². The van der Waals surface area contributed by atoms with Crippen molar-refractivity contribution < 1.29 is 28.2 Å². The maximum absolute atomic E-state index is 14.8. The average molecular weight is 575 g/mol. The zero-order valence-corrected chi connectivity index (χ0v) is 23.4. The van der Waals surface area contributed by atoms with Crippen molar-refractivity contribution in [2.75, 3.05) is 19.5 Å². The number of carbonyl (C=O) groups is 3. The minimum Gasteiger partial charge on any atom is -0.497 e. The van der Waals surface area contributed by atoms with E-state index in [-0.39, 0.29) is 28.6 Å². The van der Waals surface area contributed by atoms with Gasteiger partial charge < -0.3 is 19.7 Å². The second-order valence-electron chi connectivity index (χ2n) is 10.9. The Hall–Kier alpha value is -5.24. The van der Waals surface area contributed by atoms with Crippen LogP contribution < -0.4 is 14.8 Å². The molecule has 1 N–H and O–H groups in total. The molecule has 3 aliphatic heterocycles. The maximum Gasteiger partial charge on any atom is 0.238 e. The lowest BCUT2D eigenvalue weighted by atomic mass is 9.62. The minimum absolute atomic E-state index is 0.208. The van der Waals surface area contributed by atoms with E-state index in [2.05, 4.69) is 5.32 Å². The molecule has 1 amide bonds. The highest BCUT2D eigenvalue weighted by Gasteiger charge is 2.70.